The summed E-state index contributed by atoms with van der Waals surface area (Å²) >= 11 is 0. The lowest BCUT2D eigenvalue weighted by Crippen LogP contribution is -2.06. The van der Waals surface area contributed by atoms with Crippen LogP contribution in [-0.2, 0) is 10.1 Å². The van der Waals surface area contributed by atoms with Crippen molar-refractivity contribution in [3.8, 4) is 0 Å². The summed E-state index contributed by atoms with van der Waals surface area (Å²) in [6, 6.07) is 0. The van der Waals surface area contributed by atoms with Crippen LogP contribution in [0.1, 0.15) is 103 Å². The number of aliphatic hydroxyl groups excluding tert-OH is 1. The molecule has 0 radical (unpaired) electrons. The molecule has 0 amide bonds. The van der Waals surface area contributed by atoms with Crippen molar-refractivity contribution < 1.29 is 18.1 Å². The number of aliphatic hydroxyl groups is 1. The summed E-state index contributed by atoms with van der Waals surface area (Å²) in [5.41, 5.74) is 0. The van der Waals surface area contributed by atoms with E-state index in [0.717, 1.165) is 57.8 Å². The predicted octanol–water partition coefficient (Wildman–Crippen LogP) is 5.11. The molecule has 140 valence electrons. The zero-order valence-electron chi connectivity index (χ0n) is 15.0. The Hall–Kier alpha value is -0.130. The largest absolute Gasteiger partial charge is 0.393 e. The highest BCUT2D eigenvalue weighted by atomic mass is 32.2. The summed E-state index contributed by atoms with van der Waals surface area (Å²) in [7, 11) is -3.78. The molecular weight excluding hydrogens is 312 g/mol. The Labute approximate surface area is 143 Å². The number of hydrogen-bond donors (Lipinski definition) is 2. The van der Waals surface area contributed by atoms with E-state index in [-0.39, 0.29) is 11.9 Å². The molecule has 1 atom stereocenters. The second-order valence-electron chi connectivity index (χ2n) is 6.76. The van der Waals surface area contributed by atoms with Crippen molar-refractivity contribution in [2.75, 3.05) is 5.75 Å². The van der Waals surface area contributed by atoms with Gasteiger partial charge in [-0.25, -0.2) is 0 Å². The minimum absolute atomic E-state index is 0.113. The smallest absolute Gasteiger partial charge is 0.264 e. The summed E-state index contributed by atoms with van der Waals surface area (Å²) in [5, 5.41) is 9.92. The van der Waals surface area contributed by atoms with Gasteiger partial charge in [0.1, 0.15) is 0 Å². The Kier molecular flexibility index (Phi) is 15.3. The summed E-state index contributed by atoms with van der Waals surface area (Å²) in [6.45, 7) is 2.23. The molecular formula is C18H38O4S. The molecule has 1 unspecified atom stereocenters. The fourth-order valence-electron chi connectivity index (χ4n) is 2.85. The average Bonchev–Trinajstić information content (AvgIpc) is 2.48. The maximum atomic E-state index is 10.5. The zero-order valence-corrected chi connectivity index (χ0v) is 15.8. The Bertz CT molecular complexity index is 341. The van der Waals surface area contributed by atoms with E-state index in [9.17, 15) is 13.5 Å². The van der Waals surface area contributed by atoms with Crippen LogP contribution in [0.2, 0.25) is 0 Å². The second-order valence-corrected chi connectivity index (χ2v) is 8.33. The molecule has 4 nitrogen and oxygen atoms in total. The third-order valence-electron chi connectivity index (χ3n) is 4.33. The molecule has 23 heavy (non-hydrogen) atoms. The van der Waals surface area contributed by atoms with Gasteiger partial charge in [0.25, 0.3) is 10.1 Å². The molecule has 0 aromatic heterocycles. The van der Waals surface area contributed by atoms with Crippen LogP contribution in [-0.4, -0.2) is 29.9 Å². The molecule has 0 rings (SSSR count). The first kappa shape index (κ1) is 22.9. The SMILES string of the molecule is CCCCCCCCC(O)CCCCCCCCCS(=O)(=O)O. The lowest BCUT2D eigenvalue weighted by molar-refractivity contribution is 0.147. The van der Waals surface area contributed by atoms with Gasteiger partial charge in [0.05, 0.1) is 11.9 Å². The van der Waals surface area contributed by atoms with Gasteiger partial charge in [-0.2, -0.15) is 8.42 Å². The van der Waals surface area contributed by atoms with Crippen LogP contribution in [0, 0.1) is 0 Å². The Morgan fingerprint density at radius 2 is 1.09 bits per heavy atom. The van der Waals surface area contributed by atoms with Gasteiger partial charge >= 0.3 is 0 Å². The maximum Gasteiger partial charge on any atom is 0.264 e. The van der Waals surface area contributed by atoms with Gasteiger partial charge in [-0.05, 0) is 19.3 Å². The first-order chi connectivity index (χ1) is 11.0. The first-order valence-corrected chi connectivity index (χ1v) is 11.2. The molecule has 0 fully saturated rings. The monoisotopic (exact) mass is 350 g/mol. The van der Waals surface area contributed by atoms with Gasteiger partial charge in [-0.3, -0.25) is 4.55 Å². The molecule has 0 aliphatic heterocycles. The van der Waals surface area contributed by atoms with Crippen LogP contribution < -0.4 is 0 Å². The second kappa shape index (κ2) is 15.4. The summed E-state index contributed by atoms with van der Waals surface area (Å²) in [6.07, 6.45) is 16.3. The van der Waals surface area contributed by atoms with Crippen molar-refractivity contribution in [3.05, 3.63) is 0 Å². The summed E-state index contributed by atoms with van der Waals surface area (Å²) < 4.78 is 29.7. The molecule has 0 aromatic rings. The predicted molar refractivity (Wildman–Crippen MR) is 97.4 cm³/mol. The Morgan fingerprint density at radius 3 is 1.52 bits per heavy atom. The molecule has 0 aliphatic rings. The number of hydrogen-bond acceptors (Lipinski definition) is 3. The fraction of sp³-hybridized carbons (Fsp3) is 1.00. The van der Waals surface area contributed by atoms with Gasteiger partial charge in [-0.15, -0.1) is 0 Å². The van der Waals surface area contributed by atoms with E-state index >= 15 is 0 Å². The average molecular weight is 351 g/mol. The van der Waals surface area contributed by atoms with E-state index in [4.69, 9.17) is 4.55 Å². The standard InChI is InChI=1S/C18H38O4S/c1-2-3-4-5-9-12-15-18(19)16-13-10-7-6-8-11-14-17-23(20,21)22/h18-19H,2-17H2,1H3,(H,20,21,22). The van der Waals surface area contributed by atoms with Crippen molar-refractivity contribution in [2.24, 2.45) is 0 Å². The van der Waals surface area contributed by atoms with Crippen LogP contribution in [0.15, 0.2) is 0 Å². The third kappa shape index (κ3) is 19.8. The fourth-order valence-corrected chi connectivity index (χ4v) is 3.42. The Balaban J connectivity index is 3.21. The summed E-state index contributed by atoms with van der Waals surface area (Å²) in [4.78, 5) is 0. The van der Waals surface area contributed by atoms with Crippen molar-refractivity contribution >= 4 is 10.1 Å². The Morgan fingerprint density at radius 1 is 0.696 bits per heavy atom. The highest BCUT2D eigenvalue weighted by Gasteiger charge is 2.04. The van der Waals surface area contributed by atoms with Crippen molar-refractivity contribution in [3.63, 3.8) is 0 Å². The third-order valence-corrected chi connectivity index (χ3v) is 5.14. The van der Waals surface area contributed by atoms with Crippen LogP contribution in [0.25, 0.3) is 0 Å². The minimum Gasteiger partial charge on any atom is -0.393 e. The molecule has 0 heterocycles. The van der Waals surface area contributed by atoms with Crippen molar-refractivity contribution in [1.82, 2.24) is 0 Å². The number of rotatable bonds is 17. The molecule has 5 heteroatoms. The van der Waals surface area contributed by atoms with Crippen LogP contribution in [0.3, 0.4) is 0 Å². The zero-order chi connectivity index (χ0) is 17.4. The lowest BCUT2D eigenvalue weighted by Gasteiger charge is -2.10. The van der Waals surface area contributed by atoms with Crippen LogP contribution in [0.4, 0.5) is 0 Å². The van der Waals surface area contributed by atoms with Crippen LogP contribution in [0.5, 0.6) is 0 Å². The van der Waals surface area contributed by atoms with Gasteiger partial charge in [0.15, 0.2) is 0 Å². The molecule has 0 saturated carbocycles. The molecule has 0 aliphatic carbocycles. The van der Waals surface area contributed by atoms with Crippen molar-refractivity contribution in [1.29, 1.82) is 0 Å². The lowest BCUT2D eigenvalue weighted by atomic mass is 10.0. The topological polar surface area (TPSA) is 74.6 Å². The van der Waals surface area contributed by atoms with Crippen LogP contribution >= 0.6 is 0 Å². The van der Waals surface area contributed by atoms with Gasteiger partial charge in [0, 0.05) is 0 Å². The van der Waals surface area contributed by atoms with Gasteiger partial charge < -0.3 is 5.11 Å². The minimum atomic E-state index is -3.78. The molecule has 0 aromatic carbocycles. The van der Waals surface area contributed by atoms with Gasteiger partial charge in [0.2, 0.25) is 0 Å². The highest BCUT2D eigenvalue weighted by Crippen LogP contribution is 2.14. The molecule has 0 bridgehead atoms. The van der Waals surface area contributed by atoms with E-state index in [1.807, 2.05) is 0 Å². The maximum absolute atomic E-state index is 10.5. The highest BCUT2D eigenvalue weighted by molar-refractivity contribution is 7.85. The van der Waals surface area contributed by atoms with E-state index in [2.05, 4.69) is 6.92 Å². The normalized spacial score (nSPS) is 13.3. The van der Waals surface area contributed by atoms with Crippen molar-refractivity contribution in [2.45, 2.75) is 109 Å². The summed E-state index contributed by atoms with van der Waals surface area (Å²) in [5.74, 6) is -0.113. The molecule has 0 saturated heterocycles. The quantitative estimate of drug-likeness (QED) is 0.282. The van der Waals surface area contributed by atoms with E-state index in [1.165, 1.54) is 32.1 Å². The molecule has 0 spiro atoms. The van der Waals surface area contributed by atoms with Gasteiger partial charge in [-0.1, -0.05) is 84.0 Å². The van der Waals surface area contributed by atoms with E-state index < -0.39 is 10.1 Å². The van der Waals surface area contributed by atoms with E-state index in [1.54, 1.807) is 0 Å². The first-order valence-electron chi connectivity index (χ1n) is 9.59. The number of unbranched alkanes of at least 4 members (excludes halogenated alkanes) is 11. The van der Waals surface area contributed by atoms with E-state index in [0.29, 0.717) is 6.42 Å². The molecule has 2 N–H and O–H groups in total.